The van der Waals surface area contributed by atoms with Crippen molar-refractivity contribution < 1.29 is 34.1 Å². The van der Waals surface area contributed by atoms with Crippen LogP contribution in [-0.4, -0.2) is 76.4 Å². The molecule has 3 atom stereocenters. The summed E-state index contributed by atoms with van der Waals surface area (Å²) in [5.41, 5.74) is -0.657. The van der Waals surface area contributed by atoms with Gasteiger partial charge in [0.15, 0.2) is 6.04 Å². The molecule has 1 saturated carbocycles. The Balaban J connectivity index is 2.51. The van der Waals surface area contributed by atoms with Gasteiger partial charge in [-0.2, -0.15) is 11.8 Å². The number of ether oxygens (including phenoxy) is 1. The summed E-state index contributed by atoms with van der Waals surface area (Å²) in [6.45, 7) is 7.03. The van der Waals surface area contributed by atoms with Gasteiger partial charge in [-0.3, -0.25) is 9.59 Å². The molecule has 0 aliphatic heterocycles. The van der Waals surface area contributed by atoms with Crippen molar-refractivity contribution in [2.75, 3.05) is 18.6 Å². The van der Waals surface area contributed by atoms with Gasteiger partial charge in [-0.15, -0.1) is 0 Å². The molecule has 1 aliphatic rings. The van der Waals surface area contributed by atoms with Crippen LogP contribution in [-0.2, 0) is 19.1 Å². The molecule has 1 aliphatic carbocycles. The van der Waals surface area contributed by atoms with Gasteiger partial charge in [-0.05, 0) is 77.7 Å². The van der Waals surface area contributed by atoms with Crippen molar-refractivity contribution in [1.29, 1.82) is 0 Å². The fourth-order valence-electron chi connectivity index (χ4n) is 3.61. The van der Waals surface area contributed by atoms with Gasteiger partial charge in [0.05, 0.1) is 6.10 Å². The normalized spacial score (nSPS) is 21.3. The van der Waals surface area contributed by atoms with Gasteiger partial charge in [0.1, 0.15) is 11.6 Å². The molecule has 10 nitrogen and oxygen atoms in total. The Morgan fingerprint density at radius 2 is 1.70 bits per heavy atom. The summed E-state index contributed by atoms with van der Waals surface area (Å²) in [5, 5.41) is 26.6. The molecule has 33 heavy (non-hydrogen) atoms. The quantitative estimate of drug-likeness (QED) is 0.293. The van der Waals surface area contributed by atoms with E-state index < -0.39 is 35.9 Å². The number of carboxylic acids is 1. The lowest BCUT2D eigenvalue weighted by Gasteiger charge is -2.29. The lowest BCUT2D eigenvalue weighted by molar-refractivity contribution is -0.145. The number of rotatable bonds is 11. The monoisotopic (exact) mass is 489 g/mol. The van der Waals surface area contributed by atoms with E-state index in [1.165, 1.54) is 6.92 Å². The maximum absolute atomic E-state index is 12.7. The third-order valence-corrected chi connectivity index (χ3v) is 6.09. The van der Waals surface area contributed by atoms with Crippen molar-refractivity contribution in [2.24, 2.45) is 11.8 Å². The number of nitrogens with one attached hydrogen (secondary N) is 3. The first-order chi connectivity index (χ1) is 15.3. The molecule has 5 N–H and O–H groups in total. The van der Waals surface area contributed by atoms with Crippen LogP contribution in [0.4, 0.5) is 4.79 Å². The Labute approximate surface area is 200 Å². The first-order valence-corrected chi connectivity index (χ1v) is 12.7. The van der Waals surface area contributed by atoms with E-state index in [2.05, 4.69) is 16.0 Å². The zero-order valence-corrected chi connectivity index (χ0v) is 21.0. The summed E-state index contributed by atoms with van der Waals surface area (Å²) in [6, 6.07) is -2.02. The predicted molar refractivity (Wildman–Crippen MR) is 126 cm³/mol. The van der Waals surface area contributed by atoms with Crippen molar-refractivity contribution >= 4 is 35.6 Å². The molecule has 1 rings (SSSR count). The molecule has 0 spiro atoms. The number of aliphatic carboxylic acids is 1. The van der Waals surface area contributed by atoms with Crippen LogP contribution < -0.4 is 16.0 Å². The van der Waals surface area contributed by atoms with Gasteiger partial charge in [0.25, 0.3) is 0 Å². The van der Waals surface area contributed by atoms with E-state index >= 15 is 0 Å². The van der Waals surface area contributed by atoms with Gasteiger partial charge >= 0.3 is 12.1 Å². The van der Waals surface area contributed by atoms with Crippen LogP contribution in [0.2, 0.25) is 0 Å². The van der Waals surface area contributed by atoms with Crippen molar-refractivity contribution in [2.45, 2.75) is 83.6 Å². The summed E-state index contributed by atoms with van der Waals surface area (Å²) in [6.07, 6.45) is 3.15. The summed E-state index contributed by atoms with van der Waals surface area (Å²) in [4.78, 5) is 48.3. The Morgan fingerprint density at radius 1 is 1.09 bits per heavy atom. The van der Waals surface area contributed by atoms with E-state index in [-0.39, 0.29) is 23.7 Å². The third-order valence-electron chi connectivity index (χ3n) is 5.45. The number of aliphatic hydroxyl groups is 1. The van der Waals surface area contributed by atoms with Gasteiger partial charge in [-0.1, -0.05) is 0 Å². The fraction of sp³-hybridized carbons (Fsp3) is 0.818. The third kappa shape index (κ3) is 11.1. The maximum Gasteiger partial charge on any atom is 0.408 e. The Morgan fingerprint density at radius 3 is 2.18 bits per heavy atom. The Kier molecular flexibility index (Phi) is 12.0. The van der Waals surface area contributed by atoms with Crippen molar-refractivity contribution in [3.8, 4) is 0 Å². The van der Waals surface area contributed by atoms with Gasteiger partial charge in [0, 0.05) is 12.5 Å². The number of carbonyl (C=O) groups is 4. The standard InChI is InChI=1S/C22H39N3O7S/c1-13(26)17(20(29)30)25-18(27)15-8-6-14(7-9-15)12-23-19(28)16(10-11-33-5)24-21(31)32-22(2,3)4/h13-17,26H,6-12H2,1-5H3,(H,23,28)(H,24,31)(H,25,27)(H,29,30)/t13-,14?,15?,16+,17-/m1/s1. The van der Waals surface area contributed by atoms with Crippen LogP contribution in [0.3, 0.4) is 0 Å². The topological polar surface area (TPSA) is 154 Å². The van der Waals surface area contributed by atoms with Crippen LogP contribution in [0.15, 0.2) is 0 Å². The Hall–Kier alpha value is -2.01. The largest absolute Gasteiger partial charge is 0.480 e. The Bertz CT molecular complexity index is 673. The van der Waals surface area contributed by atoms with E-state index in [1.54, 1.807) is 32.5 Å². The minimum absolute atomic E-state index is 0.188. The van der Waals surface area contributed by atoms with Crippen LogP contribution in [0, 0.1) is 11.8 Å². The molecular weight excluding hydrogens is 450 g/mol. The van der Waals surface area contributed by atoms with Crippen molar-refractivity contribution in [1.82, 2.24) is 16.0 Å². The molecule has 0 aromatic rings. The highest BCUT2D eigenvalue weighted by molar-refractivity contribution is 7.98. The van der Waals surface area contributed by atoms with Gasteiger partial charge in [-0.25, -0.2) is 9.59 Å². The zero-order valence-electron chi connectivity index (χ0n) is 20.2. The van der Waals surface area contributed by atoms with E-state index in [4.69, 9.17) is 9.84 Å². The van der Waals surface area contributed by atoms with Crippen molar-refractivity contribution in [3.05, 3.63) is 0 Å². The van der Waals surface area contributed by atoms with Crippen molar-refractivity contribution in [3.63, 3.8) is 0 Å². The molecule has 1 fully saturated rings. The first kappa shape index (κ1) is 29.0. The number of thioether (sulfide) groups is 1. The molecule has 11 heteroatoms. The highest BCUT2D eigenvalue weighted by Crippen LogP contribution is 2.28. The molecule has 0 saturated heterocycles. The second-order valence-corrected chi connectivity index (χ2v) is 10.5. The average molecular weight is 490 g/mol. The smallest absolute Gasteiger partial charge is 0.408 e. The molecule has 190 valence electrons. The minimum atomic E-state index is -1.33. The molecule has 3 amide bonds. The summed E-state index contributed by atoms with van der Waals surface area (Å²) >= 11 is 1.58. The lowest BCUT2D eigenvalue weighted by atomic mass is 9.81. The number of alkyl carbamates (subject to hydrolysis) is 1. The summed E-state index contributed by atoms with van der Waals surface area (Å²) in [7, 11) is 0. The second kappa shape index (κ2) is 13.6. The SMILES string of the molecule is CSCC[C@H](NC(=O)OC(C)(C)C)C(=O)NCC1CCC(C(=O)N[C@@H](C(=O)O)[C@@H](C)O)CC1. The first-order valence-electron chi connectivity index (χ1n) is 11.3. The number of aliphatic hydroxyl groups excluding tert-OH is 1. The predicted octanol–water partition coefficient (Wildman–Crippen LogP) is 1.51. The molecule has 0 bridgehead atoms. The van der Waals surface area contributed by atoms with Gasteiger partial charge in [0.2, 0.25) is 11.8 Å². The van der Waals surface area contributed by atoms with E-state index in [9.17, 15) is 24.3 Å². The highest BCUT2D eigenvalue weighted by atomic mass is 32.2. The highest BCUT2D eigenvalue weighted by Gasteiger charge is 2.32. The molecular formula is C22H39N3O7S. The molecule has 0 heterocycles. The minimum Gasteiger partial charge on any atom is -0.480 e. The molecule has 0 aromatic heterocycles. The van der Waals surface area contributed by atoms with Crippen LogP contribution in [0.1, 0.15) is 59.8 Å². The van der Waals surface area contributed by atoms with E-state index in [0.717, 1.165) is 0 Å². The molecule has 0 unspecified atom stereocenters. The van der Waals surface area contributed by atoms with Crippen LogP contribution >= 0.6 is 11.8 Å². The van der Waals surface area contributed by atoms with Gasteiger partial charge < -0.3 is 30.9 Å². The van der Waals surface area contributed by atoms with E-state index in [1.807, 2.05) is 6.26 Å². The maximum atomic E-state index is 12.7. The number of carboxylic acid groups (broad SMARTS) is 1. The zero-order chi connectivity index (χ0) is 25.2. The molecule has 0 radical (unpaired) electrons. The summed E-state index contributed by atoms with van der Waals surface area (Å²) < 4.78 is 5.26. The van der Waals surface area contributed by atoms with E-state index in [0.29, 0.717) is 44.4 Å². The second-order valence-electron chi connectivity index (χ2n) is 9.51. The number of hydrogen-bond acceptors (Lipinski definition) is 7. The lowest BCUT2D eigenvalue weighted by Crippen LogP contribution is -2.50. The number of carbonyl (C=O) groups excluding carboxylic acids is 3. The number of amides is 3. The fourth-order valence-corrected chi connectivity index (χ4v) is 4.08. The van der Waals surface area contributed by atoms with Crippen LogP contribution in [0.25, 0.3) is 0 Å². The van der Waals surface area contributed by atoms with Crippen LogP contribution in [0.5, 0.6) is 0 Å². The average Bonchev–Trinajstić information content (AvgIpc) is 2.71. The number of hydrogen-bond donors (Lipinski definition) is 5. The molecule has 0 aromatic carbocycles. The summed E-state index contributed by atoms with van der Waals surface area (Å²) in [5.74, 6) is -1.34.